The van der Waals surface area contributed by atoms with Crippen LogP contribution in [0.4, 0.5) is 0 Å². The summed E-state index contributed by atoms with van der Waals surface area (Å²) in [7, 11) is 4.50. The number of hydrogen-bond acceptors (Lipinski definition) is 7. The summed E-state index contributed by atoms with van der Waals surface area (Å²) < 4.78 is 26.2. The topological polar surface area (TPSA) is 80.3 Å². The summed E-state index contributed by atoms with van der Waals surface area (Å²) in [5, 5.41) is 0. The number of carbonyl (C=O) groups is 2. The number of fused-ring (bicyclic) bond motifs is 1. The molecule has 0 saturated carbocycles. The fourth-order valence-corrected chi connectivity index (χ4v) is 2.89. The number of rotatable bonds is 6. The summed E-state index contributed by atoms with van der Waals surface area (Å²) in [6.45, 7) is 1.59. The summed E-state index contributed by atoms with van der Waals surface area (Å²) >= 11 is 0. The molecule has 3 rings (SSSR count). The van der Waals surface area contributed by atoms with Crippen molar-refractivity contribution in [2.45, 2.75) is 6.92 Å². The monoisotopic (exact) mass is 384 g/mol. The Bertz CT molecular complexity index is 959. The zero-order valence-electron chi connectivity index (χ0n) is 16.0. The first-order chi connectivity index (χ1) is 13.5. The molecule has 0 N–H and O–H groups in total. The number of methoxy groups -OCH3 is 3. The lowest BCUT2D eigenvalue weighted by molar-refractivity contribution is -0.138. The van der Waals surface area contributed by atoms with Crippen molar-refractivity contribution in [1.82, 2.24) is 0 Å². The normalized spacial score (nSPS) is 13.9. The first-order valence-corrected chi connectivity index (χ1v) is 8.47. The van der Waals surface area contributed by atoms with Gasteiger partial charge in [-0.05, 0) is 36.8 Å². The highest BCUT2D eigenvalue weighted by atomic mass is 16.6. The van der Waals surface area contributed by atoms with E-state index in [-0.39, 0.29) is 23.9 Å². The molecule has 28 heavy (non-hydrogen) atoms. The highest BCUT2D eigenvalue weighted by molar-refractivity contribution is 6.15. The van der Waals surface area contributed by atoms with Gasteiger partial charge in [-0.1, -0.05) is 0 Å². The maximum atomic E-state index is 12.8. The molecular weight excluding hydrogens is 364 g/mol. The Balaban J connectivity index is 1.92. The molecule has 1 aliphatic heterocycles. The molecule has 7 heteroatoms. The zero-order valence-corrected chi connectivity index (χ0v) is 16.0. The van der Waals surface area contributed by atoms with Crippen LogP contribution in [0.15, 0.2) is 36.1 Å². The summed E-state index contributed by atoms with van der Waals surface area (Å²) in [6, 6.07) is 8.39. The van der Waals surface area contributed by atoms with Crippen molar-refractivity contribution >= 4 is 17.8 Å². The minimum absolute atomic E-state index is 0.155. The van der Waals surface area contributed by atoms with Gasteiger partial charge in [0.1, 0.15) is 29.6 Å². The van der Waals surface area contributed by atoms with Crippen LogP contribution in [0.5, 0.6) is 23.0 Å². The van der Waals surface area contributed by atoms with Gasteiger partial charge in [-0.15, -0.1) is 0 Å². The average Bonchev–Trinajstić information content (AvgIpc) is 2.98. The van der Waals surface area contributed by atoms with Gasteiger partial charge >= 0.3 is 5.97 Å². The van der Waals surface area contributed by atoms with Gasteiger partial charge in [-0.2, -0.15) is 0 Å². The molecule has 7 nitrogen and oxygen atoms in total. The molecule has 0 saturated heterocycles. The second-order valence-electron chi connectivity index (χ2n) is 6.07. The molecule has 2 aromatic rings. The van der Waals surface area contributed by atoms with Crippen LogP contribution in [-0.4, -0.2) is 39.7 Å². The van der Waals surface area contributed by atoms with E-state index in [2.05, 4.69) is 0 Å². The van der Waals surface area contributed by atoms with E-state index in [0.717, 1.165) is 0 Å². The average molecular weight is 384 g/mol. The Morgan fingerprint density at radius 1 is 1.07 bits per heavy atom. The highest BCUT2D eigenvalue weighted by Gasteiger charge is 2.30. The van der Waals surface area contributed by atoms with E-state index in [4.69, 9.17) is 23.7 Å². The lowest BCUT2D eigenvalue weighted by Crippen LogP contribution is -2.14. The molecule has 0 bridgehead atoms. The Morgan fingerprint density at radius 2 is 1.86 bits per heavy atom. The van der Waals surface area contributed by atoms with Crippen molar-refractivity contribution in [1.29, 1.82) is 0 Å². The van der Waals surface area contributed by atoms with E-state index in [0.29, 0.717) is 33.9 Å². The van der Waals surface area contributed by atoms with Gasteiger partial charge in [0.15, 0.2) is 5.76 Å². The number of hydrogen-bond donors (Lipinski definition) is 0. The molecule has 0 amide bonds. The summed E-state index contributed by atoms with van der Waals surface area (Å²) in [4.78, 5) is 24.4. The molecule has 0 radical (unpaired) electrons. The number of ether oxygens (including phenoxy) is 5. The van der Waals surface area contributed by atoms with E-state index in [1.165, 1.54) is 20.3 Å². The summed E-state index contributed by atoms with van der Waals surface area (Å²) in [5.41, 5.74) is 1.75. The molecule has 0 fully saturated rings. The fourth-order valence-electron chi connectivity index (χ4n) is 2.89. The van der Waals surface area contributed by atoms with Crippen LogP contribution in [0.25, 0.3) is 6.08 Å². The molecule has 146 valence electrons. The van der Waals surface area contributed by atoms with E-state index >= 15 is 0 Å². The Kier molecular flexibility index (Phi) is 5.65. The molecule has 0 unspecified atom stereocenters. The van der Waals surface area contributed by atoms with E-state index in [1.807, 2.05) is 0 Å². The Labute approximate surface area is 162 Å². The van der Waals surface area contributed by atoms with Gasteiger partial charge in [-0.3, -0.25) is 4.79 Å². The third kappa shape index (κ3) is 3.84. The second-order valence-corrected chi connectivity index (χ2v) is 6.07. The number of esters is 1. The number of ketones is 1. The SMILES string of the molecule is COCC(=O)Oc1cc(C)c2c(c1)O/C(=C\c1ccc(OC)cc1OC)C2=O. The van der Waals surface area contributed by atoms with Gasteiger partial charge in [0.05, 0.1) is 19.8 Å². The standard InChI is InChI=1S/C21H20O7/c1-12-7-15(27-19(22)11-24-2)10-17-20(12)21(23)18(28-17)8-13-5-6-14(25-3)9-16(13)26-4/h5-10H,11H2,1-4H3/b18-8-. The number of Topliss-reactive ketones (excluding diaryl/α,β-unsaturated/α-hetero) is 1. The second kappa shape index (κ2) is 8.14. The predicted molar refractivity (Wildman–Crippen MR) is 101 cm³/mol. The fraction of sp³-hybridized carbons (Fsp3) is 0.238. The zero-order chi connectivity index (χ0) is 20.3. The van der Waals surface area contributed by atoms with Crippen LogP contribution in [0.2, 0.25) is 0 Å². The van der Waals surface area contributed by atoms with Crippen LogP contribution >= 0.6 is 0 Å². The number of carbonyl (C=O) groups excluding carboxylic acids is 2. The third-order valence-electron chi connectivity index (χ3n) is 4.16. The van der Waals surface area contributed by atoms with E-state index < -0.39 is 5.97 Å². The minimum atomic E-state index is -0.537. The largest absolute Gasteiger partial charge is 0.497 e. The van der Waals surface area contributed by atoms with Crippen molar-refractivity contribution in [2.24, 2.45) is 0 Å². The van der Waals surface area contributed by atoms with Crippen molar-refractivity contribution < 1.29 is 33.3 Å². The first-order valence-electron chi connectivity index (χ1n) is 8.47. The molecule has 0 spiro atoms. The van der Waals surface area contributed by atoms with Crippen LogP contribution in [-0.2, 0) is 9.53 Å². The summed E-state index contributed by atoms with van der Waals surface area (Å²) in [6.07, 6.45) is 1.61. The van der Waals surface area contributed by atoms with Crippen LogP contribution in [0.1, 0.15) is 21.5 Å². The smallest absolute Gasteiger partial charge is 0.337 e. The van der Waals surface area contributed by atoms with Gasteiger partial charge in [-0.25, -0.2) is 4.79 Å². The van der Waals surface area contributed by atoms with Crippen LogP contribution in [0, 0.1) is 6.92 Å². The van der Waals surface area contributed by atoms with E-state index in [1.54, 1.807) is 44.4 Å². The third-order valence-corrected chi connectivity index (χ3v) is 4.16. The van der Waals surface area contributed by atoms with Crippen molar-refractivity contribution in [3.8, 4) is 23.0 Å². The van der Waals surface area contributed by atoms with Gasteiger partial charge in [0, 0.05) is 24.8 Å². The van der Waals surface area contributed by atoms with Gasteiger partial charge in [0.25, 0.3) is 0 Å². The molecule has 0 aromatic heterocycles. The molecule has 2 aromatic carbocycles. The summed E-state index contributed by atoms with van der Waals surface area (Å²) in [5.74, 6) is 1.18. The van der Waals surface area contributed by atoms with Gasteiger partial charge < -0.3 is 23.7 Å². The van der Waals surface area contributed by atoms with Crippen molar-refractivity contribution in [2.75, 3.05) is 27.9 Å². The maximum absolute atomic E-state index is 12.8. The molecular formula is C21H20O7. The Morgan fingerprint density at radius 3 is 2.54 bits per heavy atom. The maximum Gasteiger partial charge on any atom is 0.337 e. The molecule has 1 heterocycles. The molecule has 0 aliphatic carbocycles. The van der Waals surface area contributed by atoms with Crippen molar-refractivity contribution in [3.05, 3.63) is 52.8 Å². The minimum Gasteiger partial charge on any atom is -0.497 e. The van der Waals surface area contributed by atoms with E-state index in [9.17, 15) is 9.59 Å². The lowest BCUT2D eigenvalue weighted by atomic mass is 10.0. The lowest BCUT2D eigenvalue weighted by Gasteiger charge is -2.08. The number of aryl methyl sites for hydroxylation is 1. The highest BCUT2D eigenvalue weighted by Crippen LogP contribution is 2.38. The van der Waals surface area contributed by atoms with Gasteiger partial charge in [0.2, 0.25) is 5.78 Å². The number of benzene rings is 2. The Hall–Kier alpha value is -3.32. The van der Waals surface area contributed by atoms with Crippen molar-refractivity contribution in [3.63, 3.8) is 0 Å². The van der Waals surface area contributed by atoms with Crippen LogP contribution in [0.3, 0.4) is 0 Å². The molecule has 0 atom stereocenters. The first kappa shape index (κ1) is 19.4. The molecule has 1 aliphatic rings. The number of allylic oxidation sites excluding steroid dienone is 1. The van der Waals surface area contributed by atoms with Crippen LogP contribution < -0.4 is 18.9 Å². The predicted octanol–water partition coefficient (Wildman–Crippen LogP) is 3.18. The quantitative estimate of drug-likeness (QED) is 0.430.